The van der Waals surface area contributed by atoms with Crippen molar-refractivity contribution in [2.45, 2.75) is 101 Å². The molecule has 0 fully saturated rings. The second kappa shape index (κ2) is 80.9. The fraction of sp³-hybridized carbons (Fsp3) is 0.250. The minimum Gasteiger partial charge on any atom is -0.346 e. The first-order valence-electron chi connectivity index (χ1n) is 20.9. The SMILES string of the molecule is C[C-](Cc1[c-]cccc1)Cc1[c-]cccc1.C[C-](Cc1c[c-]ccc1)Cc1c[c-]ccc1.C[C-](Cc1cc[c-]cc1)Cc1cc[c-]cc1.[CH2-]C.[CH2-]C.[CH2-]C.[CH2-]C.[CH2-]C.[CH2-]C.[W].[W].[W].[Y].[Y].[Y].[Y].[Y].[Y]. The van der Waals surface area contributed by atoms with E-state index in [4.69, 9.17) is 0 Å². The molecule has 0 bridgehead atoms. The molecule has 0 saturated heterocycles. The Morgan fingerprint density at radius 2 is 0.580 bits per heavy atom. The van der Waals surface area contributed by atoms with Crippen molar-refractivity contribution < 1.29 is 259 Å². The van der Waals surface area contributed by atoms with E-state index in [9.17, 15) is 0 Å². The van der Waals surface area contributed by atoms with Crippen molar-refractivity contribution in [3.63, 3.8) is 0 Å². The Bertz CT molecular complexity index is 1330. The number of hydrogen-bond acceptors (Lipinski definition) is 0. The molecule has 0 amide bonds. The van der Waals surface area contributed by atoms with Gasteiger partial charge in [0.25, 0.3) is 0 Å². The van der Waals surface area contributed by atoms with Crippen molar-refractivity contribution >= 4 is 0 Å². The molecule has 0 unspecified atom stereocenters. The van der Waals surface area contributed by atoms with E-state index in [0.29, 0.717) is 0 Å². The van der Waals surface area contributed by atoms with Crippen LogP contribution in [-0.4, -0.2) is 0 Å². The quantitative estimate of drug-likeness (QED) is 0.107. The summed E-state index contributed by atoms with van der Waals surface area (Å²) in [6.45, 7) is 36.6. The average molecular weight is 1880 g/mol. The maximum absolute atomic E-state index is 3.25. The van der Waals surface area contributed by atoms with Gasteiger partial charge in [0.1, 0.15) is 0 Å². The Balaban J connectivity index is -0.0000000600. The molecule has 0 N–H and O–H groups in total. The Labute approximate surface area is 623 Å². The van der Waals surface area contributed by atoms with E-state index in [2.05, 4.69) is 172 Å². The average Bonchev–Trinajstić information content (AvgIpc) is 3.33. The number of benzene rings is 6. The van der Waals surface area contributed by atoms with Crippen LogP contribution in [0.5, 0.6) is 0 Å². The van der Waals surface area contributed by atoms with Crippen molar-refractivity contribution in [1.29, 1.82) is 0 Å². The van der Waals surface area contributed by atoms with Crippen molar-refractivity contribution in [2.24, 2.45) is 0 Å². The molecule has 0 aliphatic rings. The Kier molecular flexibility index (Phi) is 119. The van der Waals surface area contributed by atoms with E-state index in [0.717, 1.165) is 38.5 Å². The van der Waals surface area contributed by atoms with Gasteiger partial charge in [0.15, 0.2) is 0 Å². The van der Waals surface area contributed by atoms with Gasteiger partial charge in [-0.1, -0.05) is 0 Å². The zero-order valence-electron chi connectivity index (χ0n) is 43.5. The van der Waals surface area contributed by atoms with Gasteiger partial charge in [-0.15, -0.1) is 0 Å². The van der Waals surface area contributed by atoms with Gasteiger partial charge >= 0.3 is 0 Å². The van der Waals surface area contributed by atoms with E-state index in [1.807, 2.05) is 72.8 Å². The summed E-state index contributed by atoms with van der Waals surface area (Å²) in [6.07, 6.45) is 6.17. The third-order valence-electron chi connectivity index (χ3n) is 7.67. The van der Waals surface area contributed by atoms with Gasteiger partial charge in [0, 0.05) is 259 Å². The molecule has 0 atom stereocenters. The van der Waals surface area contributed by atoms with Gasteiger partial charge in [-0.3, -0.25) is 0 Å². The zero-order chi connectivity index (χ0) is 45.7. The maximum Gasteiger partial charge on any atom is 0 e. The molecule has 6 aromatic rings. The topological polar surface area (TPSA) is 0 Å². The molecule has 6 radical (unpaired) electrons. The van der Waals surface area contributed by atoms with Crippen LogP contribution < -0.4 is 0 Å². The molecule has 6 rings (SSSR count). The second-order valence-electron chi connectivity index (χ2n) is 12.3. The molecule has 366 valence electrons. The summed E-state index contributed by atoms with van der Waals surface area (Å²) in [7, 11) is 0. The van der Waals surface area contributed by atoms with E-state index < -0.39 is 0 Å². The maximum atomic E-state index is 3.25. The van der Waals surface area contributed by atoms with Crippen LogP contribution in [0.2, 0.25) is 0 Å². The molecule has 69 heavy (non-hydrogen) atoms. The zero-order valence-corrected chi connectivity index (χ0v) is 69.4. The fourth-order valence-corrected chi connectivity index (χ4v) is 5.47. The molecule has 0 aliphatic heterocycles. The van der Waals surface area contributed by atoms with Crippen LogP contribution in [0.1, 0.15) is 95.7 Å². The van der Waals surface area contributed by atoms with Crippen LogP contribution >= 0.6 is 0 Å². The van der Waals surface area contributed by atoms with Gasteiger partial charge in [-0.25, -0.2) is 0 Å². The van der Waals surface area contributed by atoms with Gasteiger partial charge in [0.05, 0.1) is 0 Å². The molecule has 0 heterocycles. The summed E-state index contributed by atoms with van der Waals surface area (Å²) in [5, 5.41) is 0. The largest absolute Gasteiger partial charge is 0.346 e. The van der Waals surface area contributed by atoms with E-state index >= 15 is 0 Å². The second-order valence-corrected chi connectivity index (χ2v) is 12.3. The van der Waals surface area contributed by atoms with E-state index in [-0.39, 0.29) is 259 Å². The predicted molar refractivity (Wildman–Crippen MR) is 267 cm³/mol. The van der Waals surface area contributed by atoms with Crippen molar-refractivity contribution in [3.05, 3.63) is 275 Å². The van der Waals surface area contributed by atoms with Crippen LogP contribution in [-0.2, 0) is 298 Å². The van der Waals surface area contributed by atoms with Gasteiger partial charge in [-0.05, 0) is 0 Å². The standard InChI is InChI=1S/3C16H15.6C2H5.3W.6Y/c3*1-14(12-15-8-4-2-5-9-15)13-16-10-6-3-7-11-16;6*1-2;;;;;;;;;/h4-11H,12-13H2,1H3;2-4,6,8-11H,12-13H2,1H3;2-8,10H,12-13H2,1H3;6*1H2,2H3;;;;;;;;;/q3*-3;6*-1;;;;;;;;;. The Morgan fingerprint density at radius 1 is 0.304 bits per heavy atom. The normalized spacial score (nSPS) is 7.91. The van der Waals surface area contributed by atoms with E-state index in [1.54, 1.807) is 41.5 Å². The third-order valence-corrected chi connectivity index (χ3v) is 7.67. The van der Waals surface area contributed by atoms with Crippen LogP contribution in [0.4, 0.5) is 0 Å². The number of rotatable bonds is 12. The Morgan fingerprint density at radius 3 is 0.826 bits per heavy atom. The summed E-state index contributed by atoms with van der Waals surface area (Å²) >= 11 is 0. The minimum atomic E-state index is 0. The smallest absolute Gasteiger partial charge is 0 e. The fourth-order valence-electron chi connectivity index (χ4n) is 5.47. The summed E-state index contributed by atoms with van der Waals surface area (Å²) in [5.74, 6) is 4.40. The number of hydrogen-bond donors (Lipinski definition) is 0. The molecule has 0 aliphatic carbocycles. The summed E-state index contributed by atoms with van der Waals surface area (Å²) in [5.41, 5.74) is 7.91. The van der Waals surface area contributed by atoms with Crippen molar-refractivity contribution in [2.75, 3.05) is 0 Å². The molecule has 6 aromatic carbocycles. The van der Waals surface area contributed by atoms with Crippen molar-refractivity contribution in [1.82, 2.24) is 0 Å². The molecule has 0 nitrogen and oxygen atoms in total. The first-order chi connectivity index (χ1) is 29.5. The van der Waals surface area contributed by atoms with Crippen LogP contribution in [0.15, 0.2) is 146 Å². The molecule has 0 spiro atoms. The minimum absolute atomic E-state index is 0. The van der Waals surface area contributed by atoms with Gasteiger partial charge in [-0.2, -0.15) is 316 Å². The van der Waals surface area contributed by atoms with Crippen molar-refractivity contribution in [3.8, 4) is 0 Å². The summed E-state index contributed by atoms with van der Waals surface area (Å²) in [6, 6.07) is 67.9. The first kappa shape index (κ1) is 102. The third kappa shape index (κ3) is 61.1. The van der Waals surface area contributed by atoms with Crippen LogP contribution in [0, 0.1) is 95.7 Å². The van der Waals surface area contributed by atoms with Gasteiger partial charge < -0.3 is 59.3 Å². The first-order valence-corrected chi connectivity index (χ1v) is 20.9. The monoisotopic (exact) mass is 1880 g/mol. The predicted octanol–water partition coefficient (Wildman–Crippen LogP) is 16.0. The summed E-state index contributed by atoms with van der Waals surface area (Å²) in [4.78, 5) is 0. The van der Waals surface area contributed by atoms with Crippen LogP contribution in [0.25, 0.3) is 0 Å². The Hall–Kier alpha value is 4.01. The van der Waals surface area contributed by atoms with Gasteiger partial charge in [0.2, 0.25) is 0 Å². The molecule has 0 saturated carbocycles. The van der Waals surface area contributed by atoms with E-state index in [1.165, 1.54) is 51.1 Å². The summed E-state index contributed by atoms with van der Waals surface area (Å²) < 4.78 is 0. The van der Waals surface area contributed by atoms with Crippen LogP contribution in [0.3, 0.4) is 0 Å². The molecule has 0 aromatic heterocycles. The molecule has 9 heteroatoms. The molecular weight excluding hydrogens is 1810 g/mol. The molecular formula is C60H75W3Y6-15.